The van der Waals surface area contributed by atoms with E-state index in [-0.39, 0.29) is 12.4 Å². The van der Waals surface area contributed by atoms with Crippen molar-refractivity contribution in [1.82, 2.24) is 9.97 Å². The number of hydrogen-bond donors (Lipinski definition) is 3. The lowest BCUT2D eigenvalue weighted by molar-refractivity contribution is 0.280. The van der Waals surface area contributed by atoms with Gasteiger partial charge in [0.2, 0.25) is 0 Å². The summed E-state index contributed by atoms with van der Waals surface area (Å²) in [5.41, 5.74) is 4.17. The molecule has 6 heteroatoms. The predicted molar refractivity (Wildman–Crippen MR) is 72.0 cm³/mol. The Morgan fingerprint density at radius 3 is 2.89 bits per heavy atom. The average molecular weight is 258 g/mol. The summed E-state index contributed by atoms with van der Waals surface area (Å²) < 4.78 is 0. The van der Waals surface area contributed by atoms with Gasteiger partial charge in [-0.05, 0) is 19.1 Å². The number of hydrazone groups is 1. The van der Waals surface area contributed by atoms with Gasteiger partial charge in [-0.3, -0.25) is 10.4 Å². The number of nitrogens with zero attached hydrogens (tertiary/aromatic N) is 3. The van der Waals surface area contributed by atoms with Crippen LogP contribution in [0.3, 0.4) is 0 Å². The Bertz CT molecular complexity index is 585. The van der Waals surface area contributed by atoms with E-state index in [1.807, 2.05) is 6.07 Å². The molecule has 98 valence electrons. The molecule has 3 N–H and O–H groups in total. The number of aliphatic hydroxyl groups excluding tert-OH is 1. The molecule has 0 atom stereocenters. The van der Waals surface area contributed by atoms with Crippen LogP contribution in [0.25, 0.3) is 0 Å². The molecular weight excluding hydrogens is 244 g/mol. The Kier molecular flexibility index (Phi) is 4.04. The fraction of sp³-hybridized carbons (Fsp3) is 0.154. The maximum Gasteiger partial charge on any atom is 0.146 e. The van der Waals surface area contributed by atoms with Gasteiger partial charge in [-0.2, -0.15) is 5.10 Å². The van der Waals surface area contributed by atoms with Crippen LogP contribution >= 0.6 is 0 Å². The Balaban J connectivity index is 2.21. The summed E-state index contributed by atoms with van der Waals surface area (Å²) in [5, 5.41) is 23.1. The van der Waals surface area contributed by atoms with E-state index in [1.165, 1.54) is 12.4 Å². The number of aryl methyl sites for hydroxylation is 1. The van der Waals surface area contributed by atoms with Gasteiger partial charge >= 0.3 is 0 Å². The number of nitrogens with one attached hydrogen (secondary N) is 1. The van der Waals surface area contributed by atoms with E-state index >= 15 is 0 Å². The third-order valence-corrected chi connectivity index (χ3v) is 2.57. The molecule has 0 aliphatic rings. The number of pyridine rings is 2. The van der Waals surface area contributed by atoms with Crippen LogP contribution in [0.1, 0.15) is 16.8 Å². The molecule has 0 radical (unpaired) electrons. The molecule has 0 saturated carbocycles. The molecule has 2 aromatic heterocycles. The molecule has 0 aliphatic carbocycles. The Morgan fingerprint density at radius 2 is 2.21 bits per heavy atom. The fourth-order valence-electron chi connectivity index (χ4n) is 1.51. The normalized spacial score (nSPS) is 10.8. The van der Waals surface area contributed by atoms with E-state index < -0.39 is 0 Å². The van der Waals surface area contributed by atoms with Crippen molar-refractivity contribution in [3.05, 3.63) is 47.4 Å². The van der Waals surface area contributed by atoms with Gasteiger partial charge in [-0.15, -0.1) is 0 Å². The number of rotatable bonds is 4. The van der Waals surface area contributed by atoms with Crippen LogP contribution in [0.2, 0.25) is 0 Å². The molecular formula is C13H14N4O2. The van der Waals surface area contributed by atoms with E-state index in [0.29, 0.717) is 22.6 Å². The Morgan fingerprint density at radius 1 is 1.37 bits per heavy atom. The van der Waals surface area contributed by atoms with Gasteiger partial charge < -0.3 is 10.2 Å². The maximum absolute atomic E-state index is 9.90. The maximum atomic E-state index is 9.90. The van der Waals surface area contributed by atoms with Crippen molar-refractivity contribution in [1.29, 1.82) is 0 Å². The monoisotopic (exact) mass is 258 g/mol. The van der Waals surface area contributed by atoms with Gasteiger partial charge in [0, 0.05) is 23.5 Å². The number of aromatic hydroxyl groups is 1. The summed E-state index contributed by atoms with van der Waals surface area (Å²) in [6.07, 6.45) is 4.59. The summed E-state index contributed by atoms with van der Waals surface area (Å²) in [4.78, 5) is 8.02. The molecule has 2 aromatic rings. The first-order chi connectivity index (χ1) is 9.22. The first kappa shape index (κ1) is 13.0. The minimum Gasteiger partial charge on any atom is -0.505 e. The summed E-state index contributed by atoms with van der Waals surface area (Å²) in [5.74, 6) is 0.604. The molecule has 19 heavy (non-hydrogen) atoms. The minimum atomic E-state index is -0.216. The van der Waals surface area contributed by atoms with E-state index in [9.17, 15) is 10.2 Å². The van der Waals surface area contributed by atoms with Crippen LogP contribution in [0.5, 0.6) is 5.75 Å². The van der Waals surface area contributed by atoms with Crippen LogP contribution in [0, 0.1) is 6.92 Å². The highest BCUT2D eigenvalue weighted by Crippen LogP contribution is 2.21. The molecule has 0 amide bonds. The van der Waals surface area contributed by atoms with E-state index in [4.69, 9.17) is 0 Å². The zero-order chi connectivity index (χ0) is 13.7. The molecule has 0 saturated heterocycles. The van der Waals surface area contributed by atoms with Gasteiger partial charge in [-0.25, -0.2) is 4.98 Å². The van der Waals surface area contributed by atoms with Crippen molar-refractivity contribution in [2.45, 2.75) is 13.5 Å². The highest BCUT2D eigenvalue weighted by molar-refractivity contribution is 5.86. The second kappa shape index (κ2) is 5.92. The van der Waals surface area contributed by atoms with Gasteiger partial charge in [0.05, 0.1) is 18.5 Å². The number of anilines is 1. The molecule has 6 nitrogen and oxygen atoms in total. The summed E-state index contributed by atoms with van der Waals surface area (Å²) in [7, 11) is 0. The van der Waals surface area contributed by atoms with Crippen molar-refractivity contribution in [2.24, 2.45) is 5.10 Å². The lowest BCUT2D eigenvalue weighted by Crippen LogP contribution is -2.00. The van der Waals surface area contributed by atoms with Crippen molar-refractivity contribution in [3.63, 3.8) is 0 Å². The summed E-state index contributed by atoms with van der Waals surface area (Å²) >= 11 is 0. The van der Waals surface area contributed by atoms with Gasteiger partial charge in [0.15, 0.2) is 0 Å². The standard InChI is InChI=1S/C13H14N4O2/c1-9-13(19)11(10(8-18)6-15-9)7-16-17-12-4-2-3-5-14-12/h2-7,18-19H,8H2,1H3,(H,14,17)/b16-7-. The molecule has 0 fully saturated rings. The number of aliphatic hydroxyl groups is 1. The smallest absolute Gasteiger partial charge is 0.146 e. The van der Waals surface area contributed by atoms with Crippen molar-refractivity contribution >= 4 is 12.0 Å². The quantitative estimate of drug-likeness (QED) is 0.570. The third kappa shape index (κ3) is 3.05. The molecule has 0 unspecified atom stereocenters. The lowest BCUT2D eigenvalue weighted by Gasteiger charge is -2.07. The first-order valence-electron chi connectivity index (χ1n) is 5.70. The zero-order valence-corrected chi connectivity index (χ0v) is 10.4. The molecule has 2 heterocycles. The van der Waals surface area contributed by atoms with Crippen LogP contribution < -0.4 is 5.43 Å². The van der Waals surface area contributed by atoms with E-state index in [2.05, 4.69) is 20.5 Å². The fourth-order valence-corrected chi connectivity index (χ4v) is 1.51. The van der Waals surface area contributed by atoms with Crippen LogP contribution in [-0.4, -0.2) is 26.4 Å². The van der Waals surface area contributed by atoms with Crippen LogP contribution in [0.4, 0.5) is 5.82 Å². The second-order valence-corrected chi connectivity index (χ2v) is 3.87. The molecule has 0 spiro atoms. The Hall–Kier alpha value is -2.47. The largest absolute Gasteiger partial charge is 0.505 e. The van der Waals surface area contributed by atoms with Gasteiger partial charge in [-0.1, -0.05) is 6.07 Å². The van der Waals surface area contributed by atoms with Crippen molar-refractivity contribution < 1.29 is 10.2 Å². The summed E-state index contributed by atoms with van der Waals surface area (Å²) in [6.45, 7) is 1.46. The average Bonchev–Trinajstić information content (AvgIpc) is 2.45. The minimum absolute atomic E-state index is 0.0121. The second-order valence-electron chi connectivity index (χ2n) is 3.87. The molecule has 0 aromatic carbocycles. The van der Waals surface area contributed by atoms with Crippen LogP contribution in [0.15, 0.2) is 35.7 Å². The number of hydrogen-bond acceptors (Lipinski definition) is 6. The van der Waals surface area contributed by atoms with Gasteiger partial charge in [0.25, 0.3) is 0 Å². The SMILES string of the molecule is Cc1ncc(CO)c(/C=N\Nc2ccccn2)c1O. The molecule has 0 bridgehead atoms. The third-order valence-electron chi connectivity index (χ3n) is 2.57. The topological polar surface area (TPSA) is 90.6 Å². The highest BCUT2D eigenvalue weighted by Gasteiger charge is 2.09. The van der Waals surface area contributed by atoms with Crippen molar-refractivity contribution in [2.75, 3.05) is 5.43 Å². The van der Waals surface area contributed by atoms with Gasteiger partial charge in [0.1, 0.15) is 11.6 Å². The zero-order valence-electron chi connectivity index (χ0n) is 10.4. The lowest BCUT2D eigenvalue weighted by atomic mass is 10.1. The van der Waals surface area contributed by atoms with E-state index in [1.54, 1.807) is 25.3 Å². The first-order valence-corrected chi connectivity index (χ1v) is 5.70. The van der Waals surface area contributed by atoms with E-state index in [0.717, 1.165) is 0 Å². The highest BCUT2D eigenvalue weighted by atomic mass is 16.3. The Labute approximate surface area is 110 Å². The summed E-state index contributed by atoms with van der Waals surface area (Å²) in [6, 6.07) is 5.40. The van der Waals surface area contributed by atoms with Crippen LogP contribution in [-0.2, 0) is 6.61 Å². The number of aromatic nitrogens is 2. The molecule has 0 aliphatic heterocycles. The molecule has 2 rings (SSSR count). The predicted octanol–water partition coefficient (Wildman–Crippen LogP) is 1.43. The van der Waals surface area contributed by atoms with Crippen molar-refractivity contribution in [3.8, 4) is 5.75 Å².